The molecule has 1 aromatic carbocycles. The number of aromatic amines is 1. The number of thioether (sulfide) groups is 1. The van der Waals surface area contributed by atoms with Crippen LogP contribution in [0.3, 0.4) is 0 Å². The van der Waals surface area contributed by atoms with Crippen molar-refractivity contribution < 1.29 is 19.1 Å². The maximum Gasteiger partial charge on any atom is 0.283 e. The van der Waals surface area contributed by atoms with E-state index in [0.717, 1.165) is 18.2 Å². The summed E-state index contributed by atoms with van der Waals surface area (Å²) in [6, 6.07) is 8.47. The molecule has 3 N–H and O–H groups in total. The lowest BCUT2D eigenvalue weighted by atomic mass is 10.2. The van der Waals surface area contributed by atoms with Crippen LogP contribution in [-0.2, 0) is 16.0 Å². The van der Waals surface area contributed by atoms with Crippen molar-refractivity contribution in [2.75, 3.05) is 12.4 Å². The van der Waals surface area contributed by atoms with Gasteiger partial charge in [-0.1, -0.05) is 37.2 Å². The Labute approximate surface area is 165 Å². The molecule has 1 aliphatic heterocycles. The van der Waals surface area contributed by atoms with Crippen LogP contribution in [-0.4, -0.2) is 40.2 Å². The minimum Gasteiger partial charge on any atom is -0.485 e. The Balaban J connectivity index is 1.46. The molecule has 3 rings (SSSR count). The fraction of sp³-hybridized carbons (Fsp3) is 0.333. The van der Waals surface area contributed by atoms with E-state index in [0.29, 0.717) is 28.8 Å². The van der Waals surface area contributed by atoms with E-state index in [1.807, 2.05) is 6.92 Å². The number of hydrogen-bond donors (Lipinski definition) is 3. The quantitative estimate of drug-likeness (QED) is 0.370. The molecule has 2 heterocycles. The van der Waals surface area contributed by atoms with E-state index in [1.54, 1.807) is 24.3 Å². The number of benzene rings is 1. The van der Waals surface area contributed by atoms with Crippen LogP contribution >= 0.6 is 11.8 Å². The van der Waals surface area contributed by atoms with Crippen molar-refractivity contribution in [3.63, 3.8) is 0 Å². The number of nitrogens with one attached hydrogen (secondary N) is 3. The van der Waals surface area contributed by atoms with Crippen LogP contribution in [0.2, 0.25) is 0 Å². The van der Waals surface area contributed by atoms with Crippen molar-refractivity contribution in [1.82, 2.24) is 20.8 Å². The summed E-state index contributed by atoms with van der Waals surface area (Å²) in [5, 5.41) is 0.359. The lowest BCUT2D eigenvalue weighted by Gasteiger charge is -2.25. The summed E-state index contributed by atoms with van der Waals surface area (Å²) in [5.74, 6) is 0.0452. The van der Waals surface area contributed by atoms with Gasteiger partial charge in [0.2, 0.25) is 12.0 Å². The van der Waals surface area contributed by atoms with Gasteiger partial charge in [0.05, 0.1) is 5.75 Å². The molecule has 10 heteroatoms. The Morgan fingerprint density at radius 3 is 2.86 bits per heavy atom. The summed E-state index contributed by atoms with van der Waals surface area (Å²) >= 11 is 1.07. The summed E-state index contributed by atoms with van der Waals surface area (Å²) in [6.07, 6.45) is 0.684. The van der Waals surface area contributed by atoms with Crippen LogP contribution < -0.4 is 25.9 Å². The molecule has 0 aliphatic carbocycles. The standard InChI is InChI=1S/C18H20N4O5S/c1-2-5-11-8-15(23)20-18(19-11)28-10-16(24)21-22-17(25)14-9-26-12-6-3-4-7-13(12)27-14/h3-4,6-8,14H,2,5,9-10H2,1H3,(H,21,24)(H,22,25)(H,19,20,23)/t14-/m0/s1. The van der Waals surface area contributed by atoms with Gasteiger partial charge < -0.3 is 14.5 Å². The highest BCUT2D eigenvalue weighted by molar-refractivity contribution is 7.99. The molecule has 0 fully saturated rings. The van der Waals surface area contributed by atoms with Gasteiger partial charge in [-0.15, -0.1) is 0 Å². The number of para-hydroxylation sites is 2. The van der Waals surface area contributed by atoms with Crippen LogP contribution in [0.5, 0.6) is 11.5 Å². The maximum absolute atomic E-state index is 12.2. The van der Waals surface area contributed by atoms with Gasteiger partial charge in [0.1, 0.15) is 6.61 Å². The molecule has 0 bridgehead atoms. The third-order valence-corrected chi connectivity index (χ3v) is 4.62. The Kier molecular flexibility index (Phi) is 6.53. The molecular formula is C18H20N4O5S. The first-order chi connectivity index (χ1) is 13.5. The number of hydrogen-bond acceptors (Lipinski definition) is 7. The number of amides is 2. The largest absolute Gasteiger partial charge is 0.485 e. The van der Waals surface area contributed by atoms with E-state index >= 15 is 0 Å². The number of aryl methyl sites for hydroxylation is 1. The Bertz CT molecular complexity index is 917. The molecule has 9 nitrogen and oxygen atoms in total. The summed E-state index contributed by atoms with van der Waals surface area (Å²) in [5.41, 5.74) is 5.04. The molecule has 0 radical (unpaired) electrons. The lowest BCUT2D eigenvalue weighted by molar-refractivity contribution is -0.134. The van der Waals surface area contributed by atoms with Gasteiger partial charge in [0.25, 0.3) is 11.5 Å². The van der Waals surface area contributed by atoms with Gasteiger partial charge in [-0.05, 0) is 18.6 Å². The molecular weight excluding hydrogens is 384 g/mol. The zero-order valence-electron chi connectivity index (χ0n) is 15.2. The number of fused-ring (bicyclic) bond motifs is 1. The topological polar surface area (TPSA) is 122 Å². The second kappa shape index (κ2) is 9.27. The van der Waals surface area contributed by atoms with E-state index in [4.69, 9.17) is 9.47 Å². The third kappa shape index (κ3) is 5.26. The van der Waals surface area contributed by atoms with Gasteiger partial charge in [-0.25, -0.2) is 4.98 Å². The minimum atomic E-state index is -0.869. The first kappa shape index (κ1) is 19.7. The summed E-state index contributed by atoms with van der Waals surface area (Å²) in [6.45, 7) is 2.04. The fourth-order valence-electron chi connectivity index (χ4n) is 2.47. The van der Waals surface area contributed by atoms with Gasteiger partial charge in [0.15, 0.2) is 16.7 Å². The molecule has 0 unspecified atom stereocenters. The summed E-state index contributed by atoms with van der Waals surface area (Å²) in [7, 11) is 0. The highest BCUT2D eigenvalue weighted by Crippen LogP contribution is 2.30. The van der Waals surface area contributed by atoms with E-state index in [9.17, 15) is 14.4 Å². The predicted octanol–water partition coefficient (Wildman–Crippen LogP) is 0.802. The third-order valence-electron chi connectivity index (χ3n) is 3.75. The van der Waals surface area contributed by atoms with E-state index in [-0.39, 0.29) is 17.9 Å². The number of ether oxygens (including phenoxy) is 2. The SMILES string of the molecule is CCCc1cc(=O)[nH]c(SCC(=O)NNC(=O)[C@@H]2COc3ccccc3O2)n1. The number of rotatable bonds is 6. The molecule has 1 aliphatic rings. The van der Waals surface area contributed by atoms with Crippen molar-refractivity contribution in [2.24, 2.45) is 0 Å². The normalized spacial score (nSPS) is 15.0. The monoisotopic (exact) mass is 404 g/mol. The Morgan fingerprint density at radius 1 is 1.29 bits per heavy atom. The van der Waals surface area contributed by atoms with Crippen LogP contribution in [0.15, 0.2) is 40.3 Å². The average Bonchev–Trinajstić information content (AvgIpc) is 2.70. The molecule has 148 valence electrons. The highest BCUT2D eigenvalue weighted by Gasteiger charge is 2.27. The highest BCUT2D eigenvalue weighted by atomic mass is 32.2. The van der Waals surface area contributed by atoms with E-state index in [1.165, 1.54) is 6.07 Å². The van der Waals surface area contributed by atoms with E-state index < -0.39 is 17.9 Å². The molecule has 1 atom stereocenters. The molecule has 0 saturated heterocycles. The second-order valence-electron chi connectivity index (χ2n) is 5.98. The maximum atomic E-state index is 12.2. The van der Waals surface area contributed by atoms with Crippen LogP contribution in [0.25, 0.3) is 0 Å². The fourth-order valence-corrected chi connectivity index (χ4v) is 3.16. The van der Waals surface area contributed by atoms with Crippen LogP contribution in [0, 0.1) is 0 Å². The Hall–Kier alpha value is -3.01. The number of carbonyl (C=O) groups excluding carboxylic acids is 2. The van der Waals surface area contributed by atoms with Crippen molar-refractivity contribution in [3.05, 3.63) is 46.4 Å². The van der Waals surface area contributed by atoms with Crippen LogP contribution in [0.4, 0.5) is 0 Å². The number of nitrogens with zero attached hydrogens (tertiary/aromatic N) is 1. The first-order valence-corrected chi connectivity index (χ1v) is 9.74. The molecule has 28 heavy (non-hydrogen) atoms. The molecule has 2 amide bonds. The molecule has 0 spiro atoms. The summed E-state index contributed by atoms with van der Waals surface area (Å²) < 4.78 is 11.0. The second-order valence-corrected chi connectivity index (χ2v) is 6.95. The van der Waals surface area contributed by atoms with Gasteiger partial charge in [0, 0.05) is 11.8 Å². The van der Waals surface area contributed by atoms with Gasteiger partial charge in [-0.3, -0.25) is 25.2 Å². The van der Waals surface area contributed by atoms with Crippen molar-refractivity contribution in [1.29, 1.82) is 0 Å². The molecule has 0 saturated carbocycles. The predicted molar refractivity (Wildman–Crippen MR) is 102 cm³/mol. The van der Waals surface area contributed by atoms with E-state index in [2.05, 4.69) is 20.8 Å². The molecule has 1 aromatic heterocycles. The number of carbonyl (C=O) groups is 2. The molecule has 2 aromatic rings. The Morgan fingerprint density at radius 2 is 2.07 bits per heavy atom. The van der Waals surface area contributed by atoms with Gasteiger partial charge in [-0.2, -0.15) is 0 Å². The van der Waals surface area contributed by atoms with Crippen molar-refractivity contribution in [3.8, 4) is 11.5 Å². The first-order valence-electron chi connectivity index (χ1n) is 8.75. The zero-order valence-corrected chi connectivity index (χ0v) is 16.0. The smallest absolute Gasteiger partial charge is 0.283 e. The zero-order chi connectivity index (χ0) is 19.9. The average molecular weight is 404 g/mol. The summed E-state index contributed by atoms with van der Waals surface area (Å²) in [4.78, 5) is 42.6. The number of aromatic nitrogens is 2. The van der Waals surface area contributed by atoms with Gasteiger partial charge >= 0.3 is 0 Å². The lowest BCUT2D eigenvalue weighted by Crippen LogP contribution is -2.51. The minimum absolute atomic E-state index is 0.0242. The van der Waals surface area contributed by atoms with Crippen LogP contribution in [0.1, 0.15) is 19.0 Å². The number of hydrazine groups is 1. The van der Waals surface area contributed by atoms with Crippen molar-refractivity contribution >= 4 is 23.6 Å². The van der Waals surface area contributed by atoms with Crippen molar-refractivity contribution in [2.45, 2.75) is 31.0 Å². The number of H-pyrrole nitrogens is 1.